The molecule has 6 nitrogen and oxygen atoms in total. The van der Waals surface area contributed by atoms with Crippen molar-refractivity contribution in [1.82, 2.24) is 15.2 Å². The molecule has 0 aliphatic rings. The van der Waals surface area contributed by atoms with Crippen LogP contribution in [0.4, 0.5) is 5.95 Å². The normalized spacial score (nSPS) is 10.4. The zero-order valence-corrected chi connectivity index (χ0v) is 13.5. The van der Waals surface area contributed by atoms with E-state index in [1.54, 1.807) is 7.11 Å². The molecule has 124 valence electrons. The molecule has 0 spiro atoms. The van der Waals surface area contributed by atoms with Crippen LogP contribution in [-0.2, 0) is 13.0 Å². The van der Waals surface area contributed by atoms with E-state index in [9.17, 15) is 0 Å². The van der Waals surface area contributed by atoms with Crippen molar-refractivity contribution in [3.63, 3.8) is 0 Å². The number of aromatic amines is 1. The predicted octanol–water partition coefficient (Wildman–Crippen LogP) is 3.05. The molecular weight excluding hydrogens is 304 g/mol. The molecule has 2 aromatic carbocycles. The smallest absolute Gasteiger partial charge is 0.218 e. The second-order valence-corrected chi connectivity index (χ2v) is 5.26. The van der Waals surface area contributed by atoms with Crippen molar-refractivity contribution in [3.05, 3.63) is 66.0 Å². The van der Waals surface area contributed by atoms with Crippen LogP contribution in [0.2, 0.25) is 0 Å². The van der Waals surface area contributed by atoms with Crippen molar-refractivity contribution < 1.29 is 9.47 Å². The summed E-state index contributed by atoms with van der Waals surface area (Å²) in [6.07, 6.45) is 2.32. The van der Waals surface area contributed by atoms with E-state index in [4.69, 9.17) is 9.47 Å². The van der Waals surface area contributed by atoms with E-state index in [0.29, 0.717) is 19.1 Å². The lowest BCUT2D eigenvalue weighted by molar-refractivity contribution is 0.297. The second-order valence-electron chi connectivity index (χ2n) is 5.26. The molecule has 0 fully saturated rings. The molecule has 0 unspecified atom stereocenters. The summed E-state index contributed by atoms with van der Waals surface area (Å²) in [5, 5.41) is 9.71. The molecule has 3 aromatic rings. The highest BCUT2D eigenvalue weighted by Gasteiger charge is 2.06. The molecule has 2 N–H and O–H groups in total. The van der Waals surface area contributed by atoms with Gasteiger partial charge in [-0.15, -0.1) is 0 Å². The summed E-state index contributed by atoms with van der Waals surface area (Å²) in [6.45, 7) is 1.23. The van der Waals surface area contributed by atoms with Crippen LogP contribution in [0, 0.1) is 0 Å². The second kappa shape index (κ2) is 8.01. The third-order valence-corrected chi connectivity index (χ3v) is 3.59. The van der Waals surface area contributed by atoms with Gasteiger partial charge < -0.3 is 14.8 Å². The van der Waals surface area contributed by atoms with Crippen molar-refractivity contribution in [3.8, 4) is 11.5 Å². The molecule has 1 heterocycles. The molecule has 6 heteroatoms. The first-order chi connectivity index (χ1) is 11.8. The van der Waals surface area contributed by atoms with Crippen LogP contribution in [0.1, 0.15) is 11.1 Å². The number of nitrogens with zero attached hydrogens (tertiary/aromatic N) is 2. The molecule has 0 saturated heterocycles. The summed E-state index contributed by atoms with van der Waals surface area (Å²) in [5.41, 5.74) is 2.32. The van der Waals surface area contributed by atoms with E-state index in [2.05, 4.69) is 32.6 Å². The quantitative estimate of drug-likeness (QED) is 0.666. The summed E-state index contributed by atoms with van der Waals surface area (Å²) in [5.74, 6) is 2.11. The van der Waals surface area contributed by atoms with Crippen LogP contribution in [-0.4, -0.2) is 28.9 Å². The van der Waals surface area contributed by atoms with E-state index in [1.807, 2.05) is 36.4 Å². The summed E-state index contributed by atoms with van der Waals surface area (Å²) in [4.78, 5) is 4.03. The number of benzene rings is 2. The highest BCUT2D eigenvalue weighted by Crippen LogP contribution is 2.28. The Morgan fingerprint density at radius 3 is 2.67 bits per heavy atom. The van der Waals surface area contributed by atoms with Crippen molar-refractivity contribution in [2.75, 3.05) is 19.0 Å². The molecule has 3 rings (SSSR count). The minimum Gasteiger partial charge on any atom is -0.493 e. The first-order valence-electron chi connectivity index (χ1n) is 7.78. The van der Waals surface area contributed by atoms with Gasteiger partial charge in [0.2, 0.25) is 5.95 Å². The van der Waals surface area contributed by atoms with E-state index in [-0.39, 0.29) is 0 Å². The van der Waals surface area contributed by atoms with E-state index >= 15 is 0 Å². The number of aromatic nitrogens is 3. The topological polar surface area (TPSA) is 72.1 Å². The average Bonchev–Trinajstić information content (AvgIpc) is 3.15. The first-order valence-corrected chi connectivity index (χ1v) is 7.78. The van der Waals surface area contributed by atoms with Crippen molar-refractivity contribution >= 4 is 5.95 Å². The summed E-state index contributed by atoms with van der Waals surface area (Å²) in [7, 11) is 1.65. The summed E-state index contributed by atoms with van der Waals surface area (Å²) in [6, 6.07) is 16.2. The number of nitrogens with one attached hydrogen (secondary N) is 2. The predicted molar refractivity (Wildman–Crippen MR) is 92.3 cm³/mol. The maximum absolute atomic E-state index is 5.86. The standard InChI is InChI=1S/C18H20N4O2/c1-23-17-11-15(12-19-18-20-13-21-22-18)7-8-16(17)24-10-9-14-5-3-2-4-6-14/h2-8,11,13H,9-10,12H2,1H3,(H2,19,20,21,22). The number of hydrogen-bond donors (Lipinski definition) is 2. The lowest BCUT2D eigenvalue weighted by Crippen LogP contribution is -2.04. The highest BCUT2D eigenvalue weighted by molar-refractivity contribution is 5.43. The number of anilines is 1. The SMILES string of the molecule is COc1cc(CNc2ncn[nH]2)ccc1OCCc1ccccc1. The Balaban J connectivity index is 1.57. The fourth-order valence-electron chi connectivity index (χ4n) is 2.34. The van der Waals surface area contributed by atoms with Gasteiger partial charge in [0.15, 0.2) is 11.5 Å². The van der Waals surface area contributed by atoms with Gasteiger partial charge in [-0.25, -0.2) is 10.1 Å². The summed E-state index contributed by atoms with van der Waals surface area (Å²) < 4.78 is 11.3. The molecule has 0 bridgehead atoms. The van der Waals surface area contributed by atoms with Gasteiger partial charge >= 0.3 is 0 Å². The molecule has 1 aromatic heterocycles. The third kappa shape index (κ3) is 4.25. The third-order valence-electron chi connectivity index (χ3n) is 3.59. The van der Waals surface area contributed by atoms with Gasteiger partial charge in [0.05, 0.1) is 13.7 Å². The van der Waals surface area contributed by atoms with Gasteiger partial charge in [-0.05, 0) is 23.3 Å². The lowest BCUT2D eigenvalue weighted by Gasteiger charge is -2.12. The fraction of sp³-hybridized carbons (Fsp3) is 0.222. The number of hydrogen-bond acceptors (Lipinski definition) is 5. The fourth-order valence-corrected chi connectivity index (χ4v) is 2.34. The Bertz CT molecular complexity index is 745. The molecule has 0 amide bonds. The van der Waals surface area contributed by atoms with Crippen LogP contribution < -0.4 is 14.8 Å². The molecule has 0 aliphatic carbocycles. The van der Waals surface area contributed by atoms with Gasteiger partial charge in [0.25, 0.3) is 0 Å². The molecule has 0 aliphatic heterocycles. The lowest BCUT2D eigenvalue weighted by atomic mass is 10.1. The number of ether oxygens (including phenoxy) is 2. The number of H-pyrrole nitrogens is 1. The van der Waals surface area contributed by atoms with E-state index in [1.165, 1.54) is 11.9 Å². The Hall–Kier alpha value is -3.02. The van der Waals surface area contributed by atoms with Crippen molar-refractivity contribution in [2.24, 2.45) is 0 Å². The van der Waals surface area contributed by atoms with Gasteiger partial charge in [-0.1, -0.05) is 36.4 Å². The number of methoxy groups -OCH3 is 1. The largest absolute Gasteiger partial charge is 0.493 e. The Morgan fingerprint density at radius 1 is 1.04 bits per heavy atom. The van der Waals surface area contributed by atoms with Crippen LogP contribution >= 0.6 is 0 Å². The van der Waals surface area contributed by atoms with Crippen LogP contribution in [0.15, 0.2) is 54.9 Å². The van der Waals surface area contributed by atoms with Gasteiger partial charge in [-0.2, -0.15) is 5.10 Å². The Labute approximate surface area is 140 Å². The zero-order valence-electron chi connectivity index (χ0n) is 13.5. The molecule has 0 radical (unpaired) electrons. The zero-order chi connectivity index (χ0) is 16.6. The first kappa shape index (κ1) is 15.9. The van der Waals surface area contributed by atoms with Crippen molar-refractivity contribution in [1.29, 1.82) is 0 Å². The Morgan fingerprint density at radius 2 is 1.92 bits per heavy atom. The maximum atomic E-state index is 5.86. The Kier molecular flexibility index (Phi) is 5.29. The monoisotopic (exact) mass is 324 g/mol. The minimum atomic E-state index is 0.607. The molecule has 24 heavy (non-hydrogen) atoms. The number of rotatable bonds is 8. The maximum Gasteiger partial charge on any atom is 0.218 e. The van der Waals surface area contributed by atoms with Gasteiger partial charge in [0, 0.05) is 13.0 Å². The van der Waals surface area contributed by atoms with E-state index in [0.717, 1.165) is 23.5 Å². The average molecular weight is 324 g/mol. The van der Waals surface area contributed by atoms with E-state index < -0.39 is 0 Å². The van der Waals surface area contributed by atoms with Crippen LogP contribution in [0.25, 0.3) is 0 Å². The summed E-state index contributed by atoms with van der Waals surface area (Å²) >= 11 is 0. The van der Waals surface area contributed by atoms with Gasteiger partial charge in [-0.3, -0.25) is 0 Å². The van der Waals surface area contributed by atoms with Crippen LogP contribution in [0.5, 0.6) is 11.5 Å². The van der Waals surface area contributed by atoms with Gasteiger partial charge in [0.1, 0.15) is 6.33 Å². The minimum absolute atomic E-state index is 0.607. The highest BCUT2D eigenvalue weighted by atomic mass is 16.5. The van der Waals surface area contributed by atoms with Crippen molar-refractivity contribution in [2.45, 2.75) is 13.0 Å². The molecular formula is C18H20N4O2. The van der Waals surface area contributed by atoms with Crippen LogP contribution in [0.3, 0.4) is 0 Å². The molecule has 0 saturated carbocycles. The molecule has 0 atom stereocenters.